The average Bonchev–Trinajstić information content (AvgIpc) is 2.03. The van der Waals surface area contributed by atoms with Gasteiger partial charge in [0.25, 0.3) is 0 Å². The van der Waals surface area contributed by atoms with Crippen LogP contribution in [-0.4, -0.2) is 24.3 Å². The number of rotatable bonds is 7. The predicted octanol–water partition coefficient (Wildman–Crippen LogP) is 2.03. The summed E-state index contributed by atoms with van der Waals surface area (Å²) in [6.45, 7) is 10.0. The number of hydrogen-bond acceptors (Lipinski definition) is 2. The summed E-state index contributed by atoms with van der Waals surface area (Å²) in [6.07, 6.45) is 2.48. The van der Waals surface area contributed by atoms with Crippen molar-refractivity contribution < 1.29 is 5.11 Å². The third-order valence-corrected chi connectivity index (χ3v) is 2.37. The van der Waals surface area contributed by atoms with Crippen LogP contribution in [0.3, 0.4) is 0 Å². The summed E-state index contributed by atoms with van der Waals surface area (Å²) >= 11 is 0. The molecule has 0 saturated carbocycles. The van der Waals surface area contributed by atoms with Gasteiger partial charge >= 0.3 is 0 Å². The zero-order chi connectivity index (χ0) is 10.3. The van der Waals surface area contributed by atoms with Gasteiger partial charge in [0.05, 0.1) is 6.61 Å². The summed E-state index contributed by atoms with van der Waals surface area (Å²) in [5, 5.41) is 12.4. The molecule has 0 bridgehead atoms. The van der Waals surface area contributed by atoms with Crippen LogP contribution in [0, 0.1) is 11.8 Å². The molecular formula is C11H25NO. The normalized spacial score (nSPS) is 14.1. The first kappa shape index (κ1) is 12.9. The molecule has 1 unspecified atom stereocenters. The number of aliphatic hydroxyl groups is 1. The molecule has 0 saturated heterocycles. The Balaban J connectivity index is 3.39. The third kappa shape index (κ3) is 7.03. The molecule has 0 aliphatic heterocycles. The van der Waals surface area contributed by atoms with Crippen molar-refractivity contribution in [2.45, 2.75) is 46.6 Å². The van der Waals surface area contributed by atoms with E-state index in [9.17, 15) is 0 Å². The van der Waals surface area contributed by atoms with Crippen molar-refractivity contribution in [1.29, 1.82) is 0 Å². The van der Waals surface area contributed by atoms with E-state index >= 15 is 0 Å². The van der Waals surface area contributed by atoms with Crippen molar-refractivity contribution in [3.05, 3.63) is 0 Å². The maximum atomic E-state index is 9.04. The van der Waals surface area contributed by atoms with E-state index in [1.54, 1.807) is 0 Å². The lowest BCUT2D eigenvalue weighted by molar-refractivity contribution is 0.210. The van der Waals surface area contributed by atoms with Gasteiger partial charge in [0.1, 0.15) is 0 Å². The number of nitrogens with one attached hydrogen (secondary N) is 1. The Bertz CT molecular complexity index is 113. The van der Waals surface area contributed by atoms with Crippen LogP contribution in [-0.2, 0) is 0 Å². The largest absolute Gasteiger partial charge is 0.395 e. The molecule has 0 fully saturated rings. The fourth-order valence-electron chi connectivity index (χ4n) is 1.31. The van der Waals surface area contributed by atoms with Crippen LogP contribution in [0.5, 0.6) is 0 Å². The summed E-state index contributed by atoms with van der Waals surface area (Å²) in [6, 6.07) is 0.271. The molecule has 0 amide bonds. The van der Waals surface area contributed by atoms with Crippen molar-refractivity contribution in [2.24, 2.45) is 11.8 Å². The van der Waals surface area contributed by atoms with Crippen molar-refractivity contribution in [3.8, 4) is 0 Å². The molecule has 0 heterocycles. The van der Waals surface area contributed by atoms with Gasteiger partial charge < -0.3 is 10.4 Å². The lowest BCUT2D eigenvalue weighted by Crippen LogP contribution is -2.37. The first-order valence-electron chi connectivity index (χ1n) is 5.42. The van der Waals surface area contributed by atoms with E-state index < -0.39 is 0 Å². The van der Waals surface area contributed by atoms with Crippen molar-refractivity contribution >= 4 is 0 Å². The maximum absolute atomic E-state index is 9.04. The van der Waals surface area contributed by atoms with Gasteiger partial charge in [0.15, 0.2) is 0 Å². The standard InChI is InChI=1S/C11H25NO/c1-9(2)6-5-7-12-11(8-13)10(3)4/h9-13H,5-8H2,1-4H3. The van der Waals surface area contributed by atoms with Gasteiger partial charge in [-0.1, -0.05) is 27.7 Å². The van der Waals surface area contributed by atoms with E-state index in [2.05, 4.69) is 33.0 Å². The highest BCUT2D eigenvalue weighted by Gasteiger charge is 2.10. The third-order valence-electron chi connectivity index (χ3n) is 2.37. The average molecular weight is 187 g/mol. The molecule has 1 atom stereocenters. The SMILES string of the molecule is CC(C)CCCNC(CO)C(C)C. The smallest absolute Gasteiger partial charge is 0.0587 e. The Morgan fingerprint density at radius 1 is 1.15 bits per heavy atom. The minimum Gasteiger partial charge on any atom is -0.395 e. The van der Waals surface area contributed by atoms with Gasteiger partial charge in [-0.15, -0.1) is 0 Å². The van der Waals surface area contributed by atoms with Crippen LogP contribution in [0.25, 0.3) is 0 Å². The fraction of sp³-hybridized carbons (Fsp3) is 1.00. The van der Waals surface area contributed by atoms with E-state index in [1.807, 2.05) is 0 Å². The molecule has 0 rings (SSSR count). The summed E-state index contributed by atoms with van der Waals surface area (Å²) < 4.78 is 0. The predicted molar refractivity (Wildman–Crippen MR) is 57.8 cm³/mol. The van der Waals surface area contributed by atoms with Crippen LogP contribution in [0.1, 0.15) is 40.5 Å². The first-order valence-corrected chi connectivity index (χ1v) is 5.42. The monoisotopic (exact) mass is 187 g/mol. The summed E-state index contributed by atoms with van der Waals surface area (Å²) in [5.74, 6) is 1.30. The summed E-state index contributed by atoms with van der Waals surface area (Å²) in [7, 11) is 0. The minimum atomic E-state index is 0.249. The molecule has 0 radical (unpaired) electrons. The molecule has 0 aliphatic rings. The van der Waals surface area contributed by atoms with E-state index in [1.165, 1.54) is 12.8 Å². The highest BCUT2D eigenvalue weighted by atomic mass is 16.3. The molecule has 13 heavy (non-hydrogen) atoms. The zero-order valence-electron chi connectivity index (χ0n) is 9.51. The quantitative estimate of drug-likeness (QED) is 0.598. The molecule has 0 aliphatic carbocycles. The van der Waals surface area contributed by atoms with Crippen LogP contribution < -0.4 is 5.32 Å². The molecular weight excluding hydrogens is 162 g/mol. The molecule has 2 nitrogen and oxygen atoms in total. The Kier molecular flexibility index (Phi) is 7.29. The Labute approximate surface area is 82.7 Å². The van der Waals surface area contributed by atoms with E-state index in [0.29, 0.717) is 5.92 Å². The highest BCUT2D eigenvalue weighted by molar-refractivity contribution is 4.68. The van der Waals surface area contributed by atoms with Crippen molar-refractivity contribution in [2.75, 3.05) is 13.2 Å². The first-order chi connectivity index (χ1) is 6.07. The van der Waals surface area contributed by atoms with E-state index in [-0.39, 0.29) is 12.6 Å². The van der Waals surface area contributed by atoms with Crippen LogP contribution in [0.4, 0.5) is 0 Å². The molecule has 0 aromatic heterocycles. The van der Waals surface area contributed by atoms with Crippen LogP contribution in [0.15, 0.2) is 0 Å². The zero-order valence-corrected chi connectivity index (χ0v) is 9.51. The highest BCUT2D eigenvalue weighted by Crippen LogP contribution is 2.04. The molecule has 80 valence electrons. The molecule has 2 N–H and O–H groups in total. The second-order valence-corrected chi connectivity index (χ2v) is 4.52. The second-order valence-electron chi connectivity index (χ2n) is 4.52. The Hall–Kier alpha value is -0.0800. The topological polar surface area (TPSA) is 32.3 Å². The summed E-state index contributed by atoms with van der Waals surface area (Å²) in [5.41, 5.74) is 0. The van der Waals surface area contributed by atoms with Crippen molar-refractivity contribution in [3.63, 3.8) is 0 Å². The molecule has 0 spiro atoms. The maximum Gasteiger partial charge on any atom is 0.0587 e. The lowest BCUT2D eigenvalue weighted by atomic mass is 10.0. The molecule has 0 aromatic carbocycles. The number of hydrogen-bond donors (Lipinski definition) is 2. The Morgan fingerprint density at radius 3 is 2.15 bits per heavy atom. The second kappa shape index (κ2) is 7.34. The van der Waals surface area contributed by atoms with E-state index in [0.717, 1.165) is 12.5 Å². The van der Waals surface area contributed by atoms with E-state index in [4.69, 9.17) is 5.11 Å². The van der Waals surface area contributed by atoms with Gasteiger partial charge in [-0.3, -0.25) is 0 Å². The van der Waals surface area contributed by atoms with Gasteiger partial charge in [-0.05, 0) is 31.2 Å². The Morgan fingerprint density at radius 2 is 1.77 bits per heavy atom. The van der Waals surface area contributed by atoms with Crippen molar-refractivity contribution in [1.82, 2.24) is 5.32 Å². The van der Waals surface area contributed by atoms with Crippen LogP contribution >= 0.6 is 0 Å². The van der Waals surface area contributed by atoms with Crippen LogP contribution in [0.2, 0.25) is 0 Å². The fourth-order valence-corrected chi connectivity index (χ4v) is 1.31. The minimum absolute atomic E-state index is 0.249. The van der Waals surface area contributed by atoms with Gasteiger partial charge in [-0.2, -0.15) is 0 Å². The van der Waals surface area contributed by atoms with Gasteiger partial charge in [0, 0.05) is 6.04 Å². The molecule has 2 heteroatoms. The number of aliphatic hydroxyl groups excluding tert-OH is 1. The summed E-state index contributed by atoms with van der Waals surface area (Å²) in [4.78, 5) is 0. The molecule has 0 aromatic rings. The van der Waals surface area contributed by atoms with Gasteiger partial charge in [-0.25, -0.2) is 0 Å². The van der Waals surface area contributed by atoms with Gasteiger partial charge in [0.2, 0.25) is 0 Å². The lowest BCUT2D eigenvalue weighted by Gasteiger charge is -2.20.